The number of rotatable bonds is 17. The molecule has 2 atom stereocenters. The normalized spacial score (nSPS) is 14.9. The number of carbonyl (C=O) groups is 2. The number of ether oxygens (including phenoxy) is 2. The van der Waals surface area contributed by atoms with Crippen molar-refractivity contribution in [3.63, 3.8) is 0 Å². The number of nitrogens with zero attached hydrogens (tertiary/aromatic N) is 2. The summed E-state index contributed by atoms with van der Waals surface area (Å²) < 4.78 is 39.8. The van der Waals surface area contributed by atoms with Crippen LogP contribution in [0.1, 0.15) is 50.7 Å². The van der Waals surface area contributed by atoms with Gasteiger partial charge in [-0.3, -0.25) is 4.79 Å². The number of benzene rings is 3. The molecule has 3 aromatic rings. The highest BCUT2D eigenvalue weighted by molar-refractivity contribution is 7.89. The number of sulfonamides is 1. The van der Waals surface area contributed by atoms with Crippen molar-refractivity contribution >= 4 is 22.0 Å². The summed E-state index contributed by atoms with van der Waals surface area (Å²) in [5.41, 5.74) is 1.82. The van der Waals surface area contributed by atoms with Gasteiger partial charge < -0.3 is 24.8 Å². The van der Waals surface area contributed by atoms with E-state index in [-0.39, 0.29) is 55.4 Å². The molecule has 48 heavy (non-hydrogen) atoms. The van der Waals surface area contributed by atoms with E-state index in [4.69, 9.17) is 9.47 Å². The Bertz CT molecular complexity index is 1530. The van der Waals surface area contributed by atoms with Crippen LogP contribution in [0.4, 0.5) is 4.79 Å². The number of aliphatic hydroxyl groups is 1. The molecule has 4 rings (SSSR count). The molecule has 2 amide bonds. The van der Waals surface area contributed by atoms with Gasteiger partial charge in [0.25, 0.3) is 0 Å². The summed E-state index contributed by atoms with van der Waals surface area (Å²) in [5, 5.41) is 14.2. The second kappa shape index (κ2) is 18.0. The van der Waals surface area contributed by atoms with E-state index in [1.165, 1.54) is 28.4 Å². The minimum atomic E-state index is -3.95. The zero-order chi connectivity index (χ0) is 34.5. The van der Waals surface area contributed by atoms with E-state index in [0.717, 1.165) is 36.8 Å². The molecular formula is C37H49N3O7S. The Morgan fingerprint density at radius 3 is 2.08 bits per heavy atom. The van der Waals surface area contributed by atoms with Gasteiger partial charge >= 0.3 is 6.09 Å². The van der Waals surface area contributed by atoms with Crippen LogP contribution in [0, 0.1) is 11.8 Å². The van der Waals surface area contributed by atoms with Gasteiger partial charge in [-0.25, -0.2) is 13.2 Å². The highest BCUT2D eigenvalue weighted by atomic mass is 32.2. The van der Waals surface area contributed by atoms with E-state index in [1.807, 2.05) is 74.5 Å². The van der Waals surface area contributed by atoms with Gasteiger partial charge in [0.15, 0.2) is 0 Å². The molecule has 0 spiro atoms. The van der Waals surface area contributed by atoms with E-state index >= 15 is 0 Å². The summed E-state index contributed by atoms with van der Waals surface area (Å²) in [4.78, 5) is 28.6. The number of nitrogens with one attached hydrogen (secondary N) is 1. The van der Waals surface area contributed by atoms with Crippen LogP contribution in [-0.2, 0) is 32.6 Å². The fraction of sp³-hybridized carbons (Fsp3) is 0.459. The Hall–Kier alpha value is -3.93. The lowest BCUT2D eigenvalue weighted by Gasteiger charge is -2.33. The van der Waals surface area contributed by atoms with E-state index in [1.54, 1.807) is 12.1 Å². The van der Waals surface area contributed by atoms with Crippen LogP contribution < -0.4 is 10.1 Å². The molecule has 0 unspecified atom stereocenters. The zero-order valence-electron chi connectivity index (χ0n) is 28.2. The van der Waals surface area contributed by atoms with Gasteiger partial charge in [0.2, 0.25) is 15.9 Å². The molecule has 0 bridgehead atoms. The summed E-state index contributed by atoms with van der Waals surface area (Å²) in [6.07, 6.45) is 2.55. The lowest BCUT2D eigenvalue weighted by atomic mass is 10.0. The van der Waals surface area contributed by atoms with Gasteiger partial charge in [-0.05, 0) is 66.5 Å². The van der Waals surface area contributed by atoms with Gasteiger partial charge in [0, 0.05) is 26.2 Å². The second-order valence-corrected chi connectivity index (χ2v) is 14.7. The number of methoxy groups -OCH3 is 1. The third-order valence-electron chi connectivity index (χ3n) is 8.72. The largest absolute Gasteiger partial charge is 0.497 e. The molecule has 1 fully saturated rings. The second-order valence-electron chi connectivity index (χ2n) is 12.7. The van der Waals surface area contributed by atoms with Crippen molar-refractivity contribution in [3.8, 4) is 5.75 Å². The van der Waals surface area contributed by atoms with Crippen molar-refractivity contribution in [2.24, 2.45) is 11.8 Å². The quantitative estimate of drug-likeness (QED) is 0.200. The van der Waals surface area contributed by atoms with Crippen LogP contribution in [0.5, 0.6) is 5.75 Å². The molecule has 11 heteroatoms. The van der Waals surface area contributed by atoms with Crippen LogP contribution >= 0.6 is 0 Å². The summed E-state index contributed by atoms with van der Waals surface area (Å²) in [6.45, 7) is 3.97. The number of aliphatic hydroxyl groups excluding tert-OH is 1. The average Bonchev–Trinajstić information content (AvgIpc) is 3.61. The highest BCUT2D eigenvalue weighted by Gasteiger charge is 2.34. The van der Waals surface area contributed by atoms with Crippen LogP contribution in [0.2, 0.25) is 0 Å². The Kier molecular flexibility index (Phi) is 13.8. The Morgan fingerprint density at radius 1 is 0.896 bits per heavy atom. The zero-order valence-corrected chi connectivity index (χ0v) is 29.0. The average molecular weight is 680 g/mol. The first kappa shape index (κ1) is 36.9. The summed E-state index contributed by atoms with van der Waals surface area (Å²) >= 11 is 0. The van der Waals surface area contributed by atoms with E-state index in [0.29, 0.717) is 12.2 Å². The molecule has 0 aliphatic heterocycles. The summed E-state index contributed by atoms with van der Waals surface area (Å²) in [5.74, 6) is 0.0723. The number of amides is 2. The third kappa shape index (κ3) is 10.8. The van der Waals surface area contributed by atoms with Crippen molar-refractivity contribution in [1.82, 2.24) is 14.5 Å². The Labute approximate surface area is 285 Å². The molecule has 0 aromatic heterocycles. The Balaban J connectivity index is 1.52. The fourth-order valence-corrected chi connectivity index (χ4v) is 7.55. The van der Waals surface area contributed by atoms with Crippen molar-refractivity contribution in [1.29, 1.82) is 0 Å². The van der Waals surface area contributed by atoms with Crippen molar-refractivity contribution in [2.75, 3.05) is 33.3 Å². The van der Waals surface area contributed by atoms with Crippen LogP contribution in [0.3, 0.4) is 0 Å². The van der Waals surface area contributed by atoms with E-state index in [9.17, 15) is 23.1 Å². The summed E-state index contributed by atoms with van der Waals surface area (Å²) in [7, 11) is -2.44. The molecule has 0 radical (unpaired) electrons. The first-order chi connectivity index (χ1) is 23.1. The smallest absolute Gasteiger partial charge is 0.408 e. The number of alkyl carbamates (subject to hydrolysis) is 1. The molecule has 0 heterocycles. The molecule has 260 valence electrons. The van der Waals surface area contributed by atoms with Gasteiger partial charge in [-0.15, -0.1) is 0 Å². The van der Waals surface area contributed by atoms with Crippen LogP contribution in [-0.4, -0.2) is 80.2 Å². The predicted molar refractivity (Wildman–Crippen MR) is 185 cm³/mol. The maximum absolute atomic E-state index is 14.1. The van der Waals surface area contributed by atoms with Crippen molar-refractivity contribution < 1.29 is 32.6 Å². The molecule has 1 saturated carbocycles. The molecule has 3 aromatic carbocycles. The molecular weight excluding hydrogens is 630 g/mol. The molecule has 1 aliphatic carbocycles. The fourth-order valence-electron chi connectivity index (χ4n) is 6.00. The van der Waals surface area contributed by atoms with E-state index < -0.39 is 28.3 Å². The van der Waals surface area contributed by atoms with Crippen LogP contribution in [0.25, 0.3) is 0 Å². The monoisotopic (exact) mass is 679 g/mol. The van der Waals surface area contributed by atoms with Gasteiger partial charge in [0.05, 0.1) is 18.1 Å². The standard InChI is InChI=1S/C37H49N3O7S/c1-28(2)35(38-37(43)47-27-31-16-8-5-9-17-31)36(42)39(23-22-29-12-6-4-7-13-29)25-32(41)26-40(24-30-14-10-11-15-30)48(44,45)34-20-18-33(46-3)19-21-34/h4-9,12-13,16-21,28,30,32,35,41H,10-11,14-15,22-27H2,1-3H3,(H,38,43)/t32-,35-/m0/s1. The van der Waals surface area contributed by atoms with Crippen molar-refractivity contribution in [3.05, 3.63) is 96.1 Å². The Morgan fingerprint density at radius 2 is 1.50 bits per heavy atom. The SMILES string of the molecule is COc1ccc(S(=O)(=O)N(CC2CCCC2)C[C@@H](O)CN(CCc2ccccc2)C(=O)[C@@H](NC(=O)OCc2ccccc2)C(C)C)cc1. The van der Waals surface area contributed by atoms with E-state index in [2.05, 4.69) is 5.32 Å². The number of hydrogen-bond donors (Lipinski definition) is 2. The maximum atomic E-state index is 14.1. The summed E-state index contributed by atoms with van der Waals surface area (Å²) in [6, 6.07) is 24.2. The minimum absolute atomic E-state index is 0.0572. The topological polar surface area (TPSA) is 125 Å². The predicted octanol–water partition coefficient (Wildman–Crippen LogP) is 5.26. The number of carbonyl (C=O) groups excluding carboxylic acids is 2. The molecule has 0 saturated heterocycles. The highest BCUT2D eigenvalue weighted by Crippen LogP contribution is 2.28. The third-order valence-corrected chi connectivity index (χ3v) is 10.6. The van der Waals surface area contributed by atoms with Gasteiger partial charge in [-0.2, -0.15) is 4.31 Å². The lowest BCUT2D eigenvalue weighted by molar-refractivity contribution is -0.136. The lowest BCUT2D eigenvalue weighted by Crippen LogP contribution is -2.54. The van der Waals surface area contributed by atoms with Crippen molar-refractivity contribution in [2.45, 2.75) is 69.6 Å². The first-order valence-electron chi connectivity index (χ1n) is 16.7. The van der Waals surface area contributed by atoms with Gasteiger partial charge in [0.1, 0.15) is 18.4 Å². The van der Waals surface area contributed by atoms with Gasteiger partial charge in [-0.1, -0.05) is 87.4 Å². The molecule has 10 nitrogen and oxygen atoms in total. The minimum Gasteiger partial charge on any atom is -0.497 e. The van der Waals surface area contributed by atoms with Crippen LogP contribution in [0.15, 0.2) is 89.8 Å². The maximum Gasteiger partial charge on any atom is 0.408 e. The first-order valence-corrected chi connectivity index (χ1v) is 18.1. The number of hydrogen-bond acceptors (Lipinski definition) is 7. The molecule has 1 aliphatic rings. The molecule has 2 N–H and O–H groups in total.